The van der Waals surface area contributed by atoms with Gasteiger partial charge < -0.3 is 18.1 Å². The van der Waals surface area contributed by atoms with E-state index in [1.165, 1.54) is 19.8 Å². The Balaban J connectivity index is 1.91. The van der Waals surface area contributed by atoms with Crippen molar-refractivity contribution in [3.8, 4) is 11.5 Å². The van der Waals surface area contributed by atoms with E-state index in [1.807, 2.05) is 12.1 Å². The van der Waals surface area contributed by atoms with E-state index in [0.717, 1.165) is 107 Å². The van der Waals surface area contributed by atoms with Crippen molar-refractivity contribution in [2.45, 2.75) is 128 Å². The topological polar surface area (TPSA) is 71.1 Å². The van der Waals surface area contributed by atoms with E-state index in [0.29, 0.717) is 11.5 Å². The van der Waals surface area contributed by atoms with Gasteiger partial charge in [-0.05, 0) is 88.8 Å². The smallest absolute Gasteiger partial charge is 0.381 e. The molecule has 4 unspecified atom stereocenters. The second-order valence-corrected chi connectivity index (χ2v) is 17.2. The summed E-state index contributed by atoms with van der Waals surface area (Å²) >= 11 is 0. The lowest BCUT2D eigenvalue weighted by atomic mass is 9.73. The minimum absolute atomic E-state index is 0.112. The van der Waals surface area contributed by atoms with Gasteiger partial charge in [0.2, 0.25) is 0 Å². The molecule has 0 amide bonds. The fourth-order valence-corrected chi connectivity index (χ4v) is 10.9. The van der Waals surface area contributed by atoms with Crippen LogP contribution in [0.5, 0.6) is 11.5 Å². The first kappa shape index (κ1) is 32.6. The Kier molecular flexibility index (Phi) is 11.5. The summed E-state index contributed by atoms with van der Waals surface area (Å²) in [5.74, 6) is 1.10. The first-order valence-electron chi connectivity index (χ1n) is 15.8. The van der Waals surface area contributed by atoms with Crippen molar-refractivity contribution in [2.75, 3.05) is 14.2 Å². The second kappa shape index (κ2) is 14.4. The number of benzene rings is 1. The van der Waals surface area contributed by atoms with Crippen LogP contribution in [0.15, 0.2) is 35.9 Å². The van der Waals surface area contributed by atoms with Crippen LogP contribution in [-0.2, 0) is 24.6 Å². The average Bonchev–Trinajstić information content (AvgIpc) is 3.69. The zero-order valence-corrected chi connectivity index (χ0v) is 27.8. The van der Waals surface area contributed by atoms with Crippen LogP contribution in [0.3, 0.4) is 0 Å². The summed E-state index contributed by atoms with van der Waals surface area (Å²) in [6.07, 6.45) is 15.7. The number of rotatable bonds is 14. The minimum atomic E-state index is -3.46. The fourth-order valence-electron chi connectivity index (χ4n) is 7.00. The Hall–Kier alpha value is -1.32. The van der Waals surface area contributed by atoms with Gasteiger partial charge in [0.1, 0.15) is 11.5 Å². The van der Waals surface area contributed by atoms with Gasteiger partial charge in [-0.2, -0.15) is 0 Å². The second-order valence-electron chi connectivity index (χ2n) is 12.5. The van der Waals surface area contributed by atoms with Crippen molar-refractivity contribution in [3.05, 3.63) is 47.1 Å². The third-order valence-electron chi connectivity index (χ3n) is 9.45. The molecule has 0 bridgehead atoms. The van der Waals surface area contributed by atoms with Gasteiger partial charge in [0.05, 0.1) is 11.3 Å². The van der Waals surface area contributed by atoms with Gasteiger partial charge in [-0.15, -0.1) is 0 Å². The highest BCUT2D eigenvalue weighted by molar-refractivity contribution is 7.55. The minimum Gasteiger partial charge on any atom is -0.424 e. The molecule has 6 nitrogen and oxygen atoms in total. The maximum Gasteiger partial charge on any atom is 0.381 e. The Morgan fingerprint density at radius 2 is 1.39 bits per heavy atom. The highest BCUT2D eigenvalue weighted by Gasteiger charge is 2.43. The Labute approximate surface area is 248 Å². The molecule has 0 heterocycles. The van der Waals surface area contributed by atoms with E-state index in [1.54, 1.807) is 0 Å². The molecule has 2 fully saturated rings. The van der Waals surface area contributed by atoms with Crippen molar-refractivity contribution in [2.24, 2.45) is 5.92 Å². The molecule has 4 atom stereocenters. The zero-order valence-electron chi connectivity index (χ0n) is 26.0. The molecule has 41 heavy (non-hydrogen) atoms. The van der Waals surface area contributed by atoms with Crippen molar-refractivity contribution in [1.29, 1.82) is 0 Å². The van der Waals surface area contributed by atoms with Crippen LogP contribution in [0.25, 0.3) is 0 Å². The molecule has 0 spiro atoms. The number of unbranched alkanes of at least 4 members (excludes halogenated alkanes) is 2. The summed E-state index contributed by atoms with van der Waals surface area (Å²) in [6, 6.07) is 4.08. The Morgan fingerprint density at radius 3 is 1.83 bits per heavy atom. The van der Waals surface area contributed by atoms with Crippen LogP contribution in [0.2, 0.25) is 0 Å². The van der Waals surface area contributed by atoms with Crippen LogP contribution in [0.1, 0.15) is 121 Å². The van der Waals surface area contributed by atoms with Crippen LogP contribution >= 0.6 is 15.2 Å². The monoisotopic (exact) mass is 606 g/mol. The predicted molar refractivity (Wildman–Crippen MR) is 169 cm³/mol. The maximum atomic E-state index is 14.3. The number of hydrogen-bond acceptors (Lipinski definition) is 6. The molecule has 0 aliphatic heterocycles. The molecule has 0 saturated heterocycles. The molecule has 3 aliphatic rings. The molecule has 4 rings (SSSR count). The number of aryl methyl sites for hydroxylation is 1. The molecule has 0 N–H and O–H groups in total. The molecule has 0 aromatic heterocycles. The first-order chi connectivity index (χ1) is 19.6. The van der Waals surface area contributed by atoms with Crippen LogP contribution < -0.4 is 9.05 Å². The van der Waals surface area contributed by atoms with Crippen molar-refractivity contribution >= 4 is 15.2 Å². The average molecular weight is 607 g/mol. The van der Waals surface area contributed by atoms with E-state index < -0.39 is 15.2 Å². The SMILES string of the molecule is C=C(C)C1CCC(C)=CC1c1c(OP(=O)(OC)C2CCCC2)cc(CCCCC)cc1OP(=O)(OC)C1CCCC1. The summed E-state index contributed by atoms with van der Waals surface area (Å²) in [4.78, 5) is 0. The van der Waals surface area contributed by atoms with E-state index in [-0.39, 0.29) is 23.2 Å². The molecular weight excluding hydrogens is 554 g/mol. The quantitative estimate of drug-likeness (QED) is 0.119. The predicted octanol–water partition coefficient (Wildman–Crippen LogP) is 10.8. The normalized spacial score (nSPS) is 25.0. The summed E-state index contributed by atoms with van der Waals surface area (Å²) in [5, 5.41) is 0. The lowest BCUT2D eigenvalue weighted by Gasteiger charge is -2.35. The van der Waals surface area contributed by atoms with Gasteiger partial charge in [-0.3, -0.25) is 0 Å². The Bertz CT molecular complexity index is 1120. The number of hydrogen-bond donors (Lipinski definition) is 0. The molecule has 230 valence electrons. The van der Waals surface area contributed by atoms with Crippen molar-refractivity contribution in [3.63, 3.8) is 0 Å². The summed E-state index contributed by atoms with van der Waals surface area (Å²) < 4.78 is 53.3. The zero-order chi connectivity index (χ0) is 29.6. The molecule has 1 aromatic carbocycles. The maximum absolute atomic E-state index is 14.3. The molecule has 8 heteroatoms. The highest BCUT2D eigenvalue weighted by atomic mass is 31.2. The first-order valence-corrected chi connectivity index (χ1v) is 19.1. The van der Waals surface area contributed by atoms with E-state index >= 15 is 0 Å². The number of allylic oxidation sites excluding steroid dienone is 3. The lowest BCUT2D eigenvalue weighted by Crippen LogP contribution is -2.20. The molecular formula is C33H52O6P2. The molecule has 2 saturated carbocycles. The summed E-state index contributed by atoms with van der Waals surface area (Å²) in [6.45, 7) is 10.8. The lowest BCUT2D eigenvalue weighted by molar-refractivity contribution is 0.302. The van der Waals surface area contributed by atoms with Gasteiger partial charge in [-0.1, -0.05) is 69.2 Å². The van der Waals surface area contributed by atoms with Gasteiger partial charge in [0.25, 0.3) is 0 Å². The molecule has 1 aromatic rings. The van der Waals surface area contributed by atoms with Crippen LogP contribution in [0.4, 0.5) is 0 Å². The van der Waals surface area contributed by atoms with E-state index in [4.69, 9.17) is 18.1 Å². The van der Waals surface area contributed by atoms with E-state index in [2.05, 4.69) is 33.4 Å². The van der Waals surface area contributed by atoms with E-state index in [9.17, 15) is 9.13 Å². The molecule has 0 radical (unpaired) electrons. The van der Waals surface area contributed by atoms with Crippen molar-refractivity contribution < 1.29 is 27.2 Å². The fraction of sp³-hybridized carbons (Fsp3) is 0.697. The summed E-state index contributed by atoms with van der Waals surface area (Å²) in [7, 11) is -3.91. The third kappa shape index (κ3) is 7.61. The van der Waals surface area contributed by atoms with Gasteiger partial charge in [0.15, 0.2) is 0 Å². The van der Waals surface area contributed by atoms with Gasteiger partial charge in [-0.25, -0.2) is 9.13 Å². The standard InChI is InChI=1S/C33H52O6P2/c1-7-8-9-14-26-22-31(38-40(34,36-5)27-15-10-11-16-27)33(30-21-25(4)19-20-29(30)24(2)3)32(23-26)39-41(35,37-6)28-17-12-13-18-28/h21-23,27-30H,2,7-20H2,1,3-6H3. The highest BCUT2D eigenvalue weighted by Crippen LogP contribution is 2.62. The van der Waals surface area contributed by atoms with Crippen molar-refractivity contribution in [1.82, 2.24) is 0 Å². The van der Waals surface area contributed by atoms with Crippen LogP contribution in [-0.4, -0.2) is 25.5 Å². The van der Waals surface area contributed by atoms with Crippen LogP contribution in [0, 0.1) is 5.92 Å². The Morgan fingerprint density at radius 1 is 0.878 bits per heavy atom. The van der Waals surface area contributed by atoms with Gasteiger partial charge >= 0.3 is 15.2 Å². The third-order valence-corrected chi connectivity index (χ3v) is 14.2. The molecule has 3 aliphatic carbocycles. The summed E-state index contributed by atoms with van der Waals surface area (Å²) in [5.41, 5.74) is 3.93. The van der Waals surface area contributed by atoms with Gasteiger partial charge in [0, 0.05) is 25.7 Å². The largest absolute Gasteiger partial charge is 0.424 e.